The first-order valence-corrected chi connectivity index (χ1v) is 11.9. The predicted octanol–water partition coefficient (Wildman–Crippen LogP) is 2.39. The lowest BCUT2D eigenvalue weighted by atomic mass is 10.1. The molecule has 0 unspecified atom stereocenters. The fourth-order valence-corrected chi connectivity index (χ4v) is 4.91. The van der Waals surface area contributed by atoms with Crippen LogP contribution in [0.3, 0.4) is 0 Å². The second kappa shape index (κ2) is 8.76. The average Bonchev–Trinajstić information content (AvgIpc) is 2.84. The molecule has 1 aliphatic heterocycles. The smallest absolute Gasteiger partial charge is 0.264 e. The minimum Gasteiger partial charge on any atom is -0.378 e. The maximum Gasteiger partial charge on any atom is 0.264 e. The zero-order chi connectivity index (χ0) is 22.9. The third kappa shape index (κ3) is 4.01. The van der Waals surface area contributed by atoms with Gasteiger partial charge in [-0.1, -0.05) is 19.1 Å². The Morgan fingerprint density at radius 3 is 2.47 bits per heavy atom. The van der Waals surface area contributed by atoms with Crippen molar-refractivity contribution in [3.63, 3.8) is 0 Å². The Balaban J connectivity index is 1.72. The molecule has 0 radical (unpaired) electrons. The number of hydrogen-bond donors (Lipinski definition) is 1. The third-order valence-corrected chi connectivity index (χ3v) is 7.53. The number of benzene rings is 2. The summed E-state index contributed by atoms with van der Waals surface area (Å²) in [5.74, 6) is -0.391. The Morgan fingerprint density at radius 1 is 1.12 bits per heavy atom. The highest BCUT2D eigenvalue weighted by Crippen LogP contribution is 2.24. The molecule has 1 N–H and O–H groups in total. The second-order valence-corrected chi connectivity index (χ2v) is 9.61. The number of fused-ring (bicyclic) bond motifs is 1. The topological polar surface area (TPSA) is 99.8 Å². The zero-order valence-electron chi connectivity index (χ0n) is 18.0. The molecule has 0 atom stereocenters. The van der Waals surface area contributed by atoms with Crippen molar-refractivity contribution in [1.29, 1.82) is 0 Å². The number of morpholine rings is 1. The zero-order valence-corrected chi connectivity index (χ0v) is 18.8. The largest absolute Gasteiger partial charge is 0.378 e. The first-order chi connectivity index (χ1) is 15.3. The number of carbonyl (C=O) groups is 1. The third-order valence-electron chi connectivity index (χ3n) is 5.75. The Morgan fingerprint density at radius 2 is 1.81 bits per heavy atom. The number of sulfonamides is 1. The molecule has 8 nitrogen and oxygen atoms in total. The van der Waals surface area contributed by atoms with Gasteiger partial charge in [-0.2, -0.15) is 0 Å². The summed E-state index contributed by atoms with van der Waals surface area (Å²) in [4.78, 5) is 30.4. The van der Waals surface area contributed by atoms with Crippen molar-refractivity contribution in [1.82, 2.24) is 9.88 Å². The number of H-pyrrole nitrogens is 1. The van der Waals surface area contributed by atoms with Crippen molar-refractivity contribution in [3.05, 3.63) is 70.0 Å². The Hall–Kier alpha value is -3.17. The molecule has 32 heavy (non-hydrogen) atoms. The van der Waals surface area contributed by atoms with E-state index in [0.29, 0.717) is 37.5 Å². The molecule has 0 saturated carbocycles. The van der Waals surface area contributed by atoms with Crippen LogP contribution in [-0.4, -0.2) is 57.6 Å². The maximum atomic E-state index is 13.2. The number of carbonyl (C=O) groups excluding carboxylic acids is 1. The molecule has 2 heterocycles. The predicted molar refractivity (Wildman–Crippen MR) is 123 cm³/mol. The van der Waals surface area contributed by atoms with Gasteiger partial charge in [-0.25, -0.2) is 8.42 Å². The fraction of sp³-hybridized carbons (Fsp3) is 0.304. The van der Waals surface area contributed by atoms with Crippen molar-refractivity contribution >= 4 is 32.5 Å². The van der Waals surface area contributed by atoms with Gasteiger partial charge in [-0.15, -0.1) is 0 Å². The van der Waals surface area contributed by atoms with Crippen LogP contribution < -0.4 is 9.73 Å². The van der Waals surface area contributed by atoms with Gasteiger partial charge in [-0.05, 0) is 42.3 Å². The number of anilines is 1. The summed E-state index contributed by atoms with van der Waals surface area (Å²) in [7, 11) is -2.43. The molecule has 1 aromatic heterocycles. The number of rotatable bonds is 5. The molecular weight excluding hydrogens is 430 g/mol. The second-order valence-electron chi connectivity index (χ2n) is 7.64. The molecule has 1 fully saturated rings. The monoisotopic (exact) mass is 455 g/mol. The first-order valence-electron chi connectivity index (χ1n) is 10.4. The summed E-state index contributed by atoms with van der Waals surface area (Å²) in [5, 5.41) is 0.153. The van der Waals surface area contributed by atoms with Crippen LogP contribution in [0, 0.1) is 0 Å². The van der Waals surface area contributed by atoms with Gasteiger partial charge in [0.1, 0.15) is 5.56 Å². The van der Waals surface area contributed by atoms with Crippen LogP contribution in [0.15, 0.2) is 58.4 Å². The van der Waals surface area contributed by atoms with Gasteiger partial charge in [-0.3, -0.25) is 13.9 Å². The molecule has 9 heteroatoms. The number of aromatic amines is 1. The van der Waals surface area contributed by atoms with Gasteiger partial charge in [0.15, 0.2) is 0 Å². The van der Waals surface area contributed by atoms with Crippen LogP contribution in [0.4, 0.5) is 5.69 Å². The van der Waals surface area contributed by atoms with E-state index in [1.54, 1.807) is 23.1 Å². The van der Waals surface area contributed by atoms with Crippen molar-refractivity contribution in [2.75, 3.05) is 37.7 Å². The first kappa shape index (κ1) is 22.0. The van der Waals surface area contributed by atoms with Crippen LogP contribution in [0.2, 0.25) is 0 Å². The van der Waals surface area contributed by atoms with E-state index >= 15 is 0 Å². The number of hydrogen-bond acceptors (Lipinski definition) is 5. The van der Waals surface area contributed by atoms with E-state index < -0.39 is 21.4 Å². The summed E-state index contributed by atoms with van der Waals surface area (Å²) >= 11 is 0. The maximum absolute atomic E-state index is 13.2. The van der Waals surface area contributed by atoms with E-state index in [9.17, 15) is 18.0 Å². The number of nitrogens with zero attached hydrogens (tertiary/aromatic N) is 2. The number of amides is 1. The van der Waals surface area contributed by atoms with Crippen LogP contribution in [0.5, 0.6) is 0 Å². The lowest BCUT2D eigenvalue weighted by Gasteiger charge is -2.26. The van der Waals surface area contributed by atoms with Crippen molar-refractivity contribution in [2.24, 2.45) is 0 Å². The summed E-state index contributed by atoms with van der Waals surface area (Å²) in [6.45, 7) is 3.69. The van der Waals surface area contributed by atoms with Gasteiger partial charge >= 0.3 is 0 Å². The van der Waals surface area contributed by atoms with E-state index in [1.165, 1.54) is 29.7 Å². The van der Waals surface area contributed by atoms with Gasteiger partial charge < -0.3 is 14.6 Å². The van der Waals surface area contributed by atoms with Gasteiger partial charge in [0.25, 0.3) is 15.9 Å². The van der Waals surface area contributed by atoms with Crippen molar-refractivity contribution in [3.8, 4) is 0 Å². The summed E-state index contributed by atoms with van der Waals surface area (Å²) in [6, 6.07) is 11.6. The number of nitrogens with one attached hydrogen (secondary N) is 1. The average molecular weight is 456 g/mol. The van der Waals surface area contributed by atoms with Crippen LogP contribution in [-0.2, 0) is 21.2 Å². The van der Waals surface area contributed by atoms with E-state index in [2.05, 4.69) is 4.98 Å². The highest BCUT2D eigenvalue weighted by Gasteiger charge is 2.25. The molecule has 0 aliphatic carbocycles. The minimum absolute atomic E-state index is 0.0162. The van der Waals surface area contributed by atoms with Crippen LogP contribution in [0.25, 0.3) is 10.9 Å². The molecule has 1 aliphatic rings. The summed E-state index contributed by atoms with van der Waals surface area (Å²) in [6.07, 6.45) is 2.24. The Labute approximate surface area is 186 Å². The minimum atomic E-state index is -3.90. The highest BCUT2D eigenvalue weighted by atomic mass is 32.2. The quantitative estimate of drug-likeness (QED) is 0.637. The van der Waals surface area contributed by atoms with E-state index in [-0.39, 0.29) is 15.8 Å². The highest BCUT2D eigenvalue weighted by molar-refractivity contribution is 7.92. The number of aromatic nitrogens is 1. The summed E-state index contributed by atoms with van der Waals surface area (Å²) in [5.41, 5.74) is 1.57. The molecule has 1 amide bonds. The normalized spacial score (nSPS) is 14.5. The number of pyridine rings is 1. The molecule has 1 saturated heterocycles. The fourth-order valence-electron chi connectivity index (χ4n) is 3.69. The Kier molecular flexibility index (Phi) is 6.03. The standard InChI is InChI=1S/C23H25N3O5S/c1-3-16-4-6-17(7-5-16)25(2)32(29,30)18-8-9-21-19(14-18)22(27)20(15-24-21)23(28)26-10-12-31-13-11-26/h4-9,14-15H,3,10-13H2,1-2H3,(H,24,27). The molecule has 0 bridgehead atoms. The van der Waals surface area contributed by atoms with Gasteiger partial charge in [0.05, 0.1) is 23.8 Å². The number of ether oxygens (including phenoxy) is 1. The van der Waals surface area contributed by atoms with Gasteiger partial charge in [0, 0.05) is 37.2 Å². The molecular formula is C23H25N3O5S. The lowest BCUT2D eigenvalue weighted by Crippen LogP contribution is -2.42. The molecule has 0 spiro atoms. The number of aryl methyl sites for hydroxylation is 1. The molecule has 3 aromatic rings. The van der Waals surface area contributed by atoms with E-state index in [1.807, 2.05) is 19.1 Å². The van der Waals surface area contributed by atoms with E-state index in [4.69, 9.17) is 4.74 Å². The Bertz CT molecular complexity index is 1310. The van der Waals surface area contributed by atoms with E-state index in [0.717, 1.165) is 12.0 Å². The van der Waals surface area contributed by atoms with Crippen molar-refractivity contribution in [2.45, 2.75) is 18.2 Å². The summed E-state index contributed by atoms with van der Waals surface area (Å²) < 4.78 is 32.9. The SMILES string of the molecule is CCc1ccc(N(C)S(=O)(=O)c2ccc3[nH]cc(C(=O)N4CCOCC4)c(=O)c3c2)cc1. The molecule has 4 rings (SSSR count). The molecule has 168 valence electrons. The molecule has 2 aromatic carbocycles. The van der Waals surface area contributed by atoms with Gasteiger partial charge in [0.2, 0.25) is 5.43 Å². The lowest BCUT2D eigenvalue weighted by molar-refractivity contribution is 0.0302. The van der Waals surface area contributed by atoms with Crippen LogP contribution >= 0.6 is 0 Å². The van der Waals surface area contributed by atoms with Crippen molar-refractivity contribution < 1.29 is 17.9 Å². The van der Waals surface area contributed by atoms with Crippen LogP contribution in [0.1, 0.15) is 22.8 Å².